The van der Waals surface area contributed by atoms with Crippen LogP contribution < -0.4 is 10.2 Å². The molecule has 4 nitrogen and oxygen atoms in total. The summed E-state index contributed by atoms with van der Waals surface area (Å²) in [7, 11) is 0. The maximum Gasteiger partial charge on any atom is 0.136 e. The molecular weight excluding hydrogens is 224 g/mol. The van der Waals surface area contributed by atoms with Crippen LogP contribution in [0.5, 0.6) is 0 Å². The molecule has 0 bridgehead atoms. The van der Waals surface area contributed by atoms with E-state index >= 15 is 0 Å². The van der Waals surface area contributed by atoms with E-state index < -0.39 is 0 Å². The van der Waals surface area contributed by atoms with Gasteiger partial charge in [-0.1, -0.05) is 13.8 Å². The van der Waals surface area contributed by atoms with Crippen LogP contribution >= 0.6 is 0 Å². The van der Waals surface area contributed by atoms with Crippen molar-refractivity contribution in [2.75, 3.05) is 18.0 Å². The predicted molar refractivity (Wildman–Crippen MR) is 72.4 cm³/mol. The van der Waals surface area contributed by atoms with Gasteiger partial charge in [0, 0.05) is 37.4 Å². The summed E-state index contributed by atoms with van der Waals surface area (Å²) in [6.45, 7) is 7.80. The minimum atomic E-state index is 0.731. The fourth-order valence-electron chi connectivity index (χ4n) is 2.61. The summed E-state index contributed by atoms with van der Waals surface area (Å²) >= 11 is 0. The molecule has 0 amide bonds. The lowest BCUT2D eigenvalue weighted by Gasteiger charge is -2.20. The second-order valence-electron chi connectivity index (χ2n) is 5.89. The monoisotopic (exact) mass is 246 g/mol. The van der Waals surface area contributed by atoms with E-state index in [-0.39, 0.29) is 0 Å². The Balaban J connectivity index is 1.73. The summed E-state index contributed by atoms with van der Waals surface area (Å²) in [5, 5.41) is 3.55. The average molecular weight is 246 g/mol. The Kier molecular flexibility index (Phi) is 3.20. The third-order valence-electron chi connectivity index (χ3n) is 4.21. The largest absolute Gasteiger partial charge is 0.356 e. The highest BCUT2D eigenvalue weighted by Crippen LogP contribution is 2.28. The number of aromatic nitrogens is 2. The normalized spacial score (nSPS) is 27.8. The fourth-order valence-corrected chi connectivity index (χ4v) is 2.61. The van der Waals surface area contributed by atoms with Gasteiger partial charge in [-0.15, -0.1) is 0 Å². The second kappa shape index (κ2) is 4.84. The lowest BCUT2D eigenvalue weighted by molar-refractivity contribution is 0.494. The number of nitrogens with zero attached hydrogens (tertiary/aromatic N) is 3. The van der Waals surface area contributed by atoms with Gasteiger partial charge >= 0.3 is 0 Å². The molecule has 2 aliphatic rings. The SMILES string of the molecule is CC1CN(c2ncncc2CNC2CC2)CC1C. The van der Waals surface area contributed by atoms with Crippen molar-refractivity contribution < 1.29 is 0 Å². The number of anilines is 1. The van der Waals surface area contributed by atoms with Gasteiger partial charge in [0.15, 0.2) is 0 Å². The minimum absolute atomic E-state index is 0.731. The average Bonchev–Trinajstić information content (AvgIpc) is 3.14. The third kappa shape index (κ3) is 2.48. The summed E-state index contributed by atoms with van der Waals surface area (Å²) in [5.74, 6) is 2.64. The standard InChI is InChI=1S/C14H22N4/c1-10-7-18(8-11(10)2)14-12(5-15-9-17-14)6-16-13-3-4-13/h5,9-11,13,16H,3-4,6-8H2,1-2H3. The van der Waals surface area contributed by atoms with Crippen molar-refractivity contribution in [3.05, 3.63) is 18.1 Å². The molecule has 4 heteroatoms. The van der Waals surface area contributed by atoms with E-state index in [0.717, 1.165) is 43.3 Å². The first-order valence-electron chi connectivity index (χ1n) is 7.01. The van der Waals surface area contributed by atoms with Crippen molar-refractivity contribution >= 4 is 5.82 Å². The smallest absolute Gasteiger partial charge is 0.136 e. The molecule has 1 saturated heterocycles. The van der Waals surface area contributed by atoms with Gasteiger partial charge in [-0.3, -0.25) is 0 Å². The van der Waals surface area contributed by atoms with Gasteiger partial charge in [0.2, 0.25) is 0 Å². The topological polar surface area (TPSA) is 41.1 Å². The van der Waals surface area contributed by atoms with Gasteiger partial charge in [0.25, 0.3) is 0 Å². The van der Waals surface area contributed by atoms with E-state index in [4.69, 9.17) is 0 Å². The highest BCUT2D eigenvalue weighted by Gasteiger charge is 2.28. The van der Waals surface area contributed by atoms with Crippen LogP contribution in [0.15, 0.2) is 12.5 Å². The van der Waals surface area contributed by atoms with Crippen molar-refractivity contribution in [3.63, 3.8) is 0 Å². The van der Waals surface area contributed by atoms with Crippen LogP contribution in [0.4, 0.5) is 5.82 Å². The number of hydrogen-bond acceptors (Lipinski definition) is 4. The Morgan fingerprint density at radius 1 is 1.28 bits per heavy atom. The van der Waals surface area contributed by atoms with Gasteiger partial charge in [-0.25, -0.2) is 9.97 Å². The quantitative estimate of drug-likeness (QED) is 0.880. The van der Waals surface area contributed by atoms with E-state index in [1.807, 2.05) is 6.20 Å². The molecule has 1 saturated carbocycles. The molecule has 1 aromatic heterocycles. The maximum atomic E-state index is 4.50. The molecule has 2 fully saturated rings. The van der Waals surface area contributed by atoms with Crippen LogP contribution in [-0.4, -0.2) is 29.1 Å². The Hall–Kier alpha value is -1.16. The summed E-state index contributed by atoms with van der Waals surface area (Å²) in [5.41, 5.74) is 1.24. The molecule has 98 valence electrons. The highest BCUT2D eigenvalue weighted by atomic mass is 15.2. The van der Waals surface area contributed by atoms with E-state index in [0.29, 0.717) is 0 Å². The molecule has 1 aliphatic heterocycles. The van der Waals surface area contributed by atoms with Crippen LogP contribution in [0.3, 0.4) is 0 Å². The van der Waals surface area contributed by atoms with Gasteiger partial charge < -0.3 is 10.2 Å². The van der Waals surface area contributed by atoms with Crippen molar-refractivity contribution in [1.82, 2.24) is 15.3 Å². The molecule has 18 heavy (non-hydrogen) atoms. The first-order chi connectivity index (χ1) is 8.74. The molecular formula is C14H22N4. The molecule has 2 atom stereocenters. The van der Waals surface area contributed by atoms with Crippen LogP contribution in [0.25, 0.3) is 0 Å². The van der Waals surface area contributed by atoms with Crippen LogP contribution in [-0.2, 0) is 6.54 Å². The second-order valence-corrected chi connectivity index (χ2v) is 5.89. The number of hydrogen-bond donors (Lipinski definition) is 1. The first-order valence-corrected chi connectivity index (χ1v) is 7.01. The van der Waals surface area contributed by atoms with Gasteiger partial charge in [0.1, 0.15) is 12.1 Å². The predicted octanol–water partition coefficient (Wildman–Crippen LogP) is 1.82. The molecule has 3 rings (SSSR count). The van der Waals surface area contributed by atoms with Gasteiger partial charge in [0.05, 0.1) is 0 Å². The van der Waals surface area contributed by atoms with E-state index in [2.05, 4.69) is 34.0 Å². The lowest BCUT2D eigenvalue weighted by atomic mass is 10.0. The van der Waals surface area contributed by atoms with Crippen molar-refractivity contribution in [2.24, 2.45) is 11.8 Å². The molecule has 1 aliphatic carbocycles. The Morgan fingerprint density at radius 3 is 2.67 bits per heavy atom. The van der Waals surface area contributed by atoms with Crippen LogP contribution in [0, 0.1) is 11.8 Å². The fraction of sp³-hybridized carbons (Fsp3) is 0.714. The molecule has 2 unspecified atom stereocenters. The van der Waals surface area contributed by atoms with Crippen molar-refractivity contribution in [2.45, 2.75) is 39.3 Å². The molecule has 1 aromatic rings. The Morgan fingerprint density at radius 2 is 2.00 bits per heavy atom. The lowest BCUT2D eigenvalue weighted by Crippen LogP contribution is -2.25. The maximum absolute atomic E-state index is 4.50. The molecule has 0 spiro atoms. The van der Waals surface area contributed by atoms with Crippen molar-refractivity contribution in [3.8, 4) is 0 Å². The van der Waals surface area contributed by atoms with Gasteiger partial charge in [-0.05, 0) is 24.7 Å². The number of rotatable bonds is 4. The van der Waals surface area contributed by atoms with E-state index in [1.165, 1.54) is 18.4 Å². The Bertz CT molecular complexity index is 406. The van der Waals surface area contributed by atoms with Gasteiger partial charge in [-0.2, -0.15) is 0 Å². The van der Waals surface area contributed by atoms with Crippen LogP contribution in [0.1, 0.15) is 32.3 Å². The molecule has 1 N–H and O–H groups in total. The minimum Gasteiger partial charge on any atom is -0.356 e. The number of nitrogens with one attached hydrogen (secondary N) is 1. The first kappa shape index (κ1) is 11.9. The molecule has 0 radical (unpaired) electrons. The zero-order valence-electron chi connectivity index (χ0n) is 11.3. The summed E-state index contributed by atoms with van der Waals surface area (Å²) in [4.78, 5) is 11.1. The Labute approximate surface area is 109 Å². The van der Waals surface area contributed by atoms with Crippen molar-refractivity contribution in [1.29, 1.82) is 0 Å². The third-order valence-corrected chi connectivity index (χ3v) is 4.21. The zero-order chi connectivity index (χ0) is 12.5. The van der Waals surface area contributed by atoms with Crippen LogP contribution in [0.2, 0.25) is 0 Å². The van der Waals surface area contributed by atoms with E-state index in [9.17, 15) is 0 Å². The van der Waals surface area contributed by atoms with E-state index in [1.54, 1.807) is 6.33 Å². The summed E-state index contributed by atoms with van der Waals surface area (Å²) in [6.07, 6.45) is 6.27. The summed E-state index contributed by atoms with van der Waals surface area (Å²) in [6, 6.07) is 0.731. The zero-order valence-corrected chi connectivity index (χ0v) is 11.3. The molecule has 2 heterocycles. The molecule has 0 aromatic carbocycles. The highest BCUT2D eigenvalue weighted by molar-refractivity contribution is 5.46. The summed E-state index contributed by atoms with van der Waals surface area (Å²) < 4.78 is 0.